The first-order chi connectivity index (χ1) is 9.00. The number of hydrogen-bond donors (Lipinski definition) is 1. The lowest BCUT2D eigenvalue weighted by Crippen LogP contribution is -2.44. The van der Waals surface area contributed by atoms with Gasteiger partial charge >= 0.3 is 0 Å². The molecule has 0 saturated heterocycles. The zero-order valence-corrected chi connectivity index (χ0v) is 11.3. The highest BCUT2D eigenvalue weighted by molar-refractivity contribution is 6.05. The molecule has 0 aliphatic heterocycles. The fourth-order valence-electron chi connectivity index (χ4n) is 1.89. The number of nitrogens with one attached hydrogen (secondary N) is 1. The fraction of sp³-hybridized carbons (Fsp3) is 0.357. The predicted octanol–water partition coefficient (Wildman–Crippen LogP) is 2.00. The van der Waals surface area contributed by atoms with Crippen molar-refractivity contribution in [1.29, 1.82) is 5.26 Å². The van der Waals surface area contributed by atoms with Crippen molar-refractivity contribution in [2.24, 2.45) is 7.05 Å². The number of nitriles is 1. The molecular weight excluding hydrogens is 240 g/mol. The lowest BCUT2D eigenvalue weighted by Gasteiger charge is -2.20. The van der Waals surface area contributed by atoms with E-state index in [2.05, 4.69) is 16.5 Å². The Balaban J connectivity index is 2.41. The van der Waals surface area contributed by atoms with Gasteiger partial charge in [-0.25, -0.2) is 0 Å². The zero-order chi connectivity index (χ0) is 14.0. The minimum absolute atomic E-state index is 0.317. The summed E-state index contributed by atoms with van der Waals surface area (Å²) in [6.07, 6.45) is 0.542. The number of benzene rings is 1. The number of carbonyl (C=O) groups excluding carboxylic acids is 1. The summed E-state index contributed by atoms with van der Waals surface area (Å²) in [4.78, 5) is 12.3. The number of aromatic nitrogens is 2. The molecule has 0 saturated carbocycles. The van der Waals surface area contributed by atoms with Crippen LogP contribution in [0.25, 0.3) is 10.9 Å². The number of nitrogens with zero attached hydrogens (tertiary/aromatic N) is 3. The van der Waals surface area contributed by atoms with Crippen LogP contribution in [0.4, 0.5) is 0 Å². The molecule has 2 rings (SSSR count). The predicted molar refractivity (Wildman–Crippen MR) is 72.5 cm³/mol. The lowest BCUT2D eigenvalue weighted by molar-refractivity contribution is 0.0919. The van der Waals surface area contributed by atoms with Gasteiger partial charge in [-0.3, -0.25) is 9.48 Å². The summed E-state index contributed by atoms with van der Waals surface area (Å²) >= 11 is 0. The highest BCUT2D eigenvalue weighted by Gasteiger charge is 2.26. The van der Waals surface area contributed by atoms with Crippen LogP contribution in [0.15, 0.2) is 24.3 Å². The van der Waals surface area contributed by atoms with Gasteiger partial charge < -0.3 is 5.32 Å². The largest absolute Gasteiger partial charge is 0.333 e. The maximum absolute atomic E-state index is 12.3. The van der Waals surface area contributed by atoms with E-state index in [1.807, 2.05) is 31.2 Å². The van der Waals surface area contributed by atoms with Crippen LogP contribution in [-0.2, 0) is 7.05 Å². The van der Waals surface area contributed by atoms with Crippen LogP contribution >= 0.6 is 0 Å². The van der Waals surface area contributed by atoms with Gasteiger partial charge in [-0.15, -0.1) is 0 Å². The molecule has 1 aromatic heterocycles. The highest BCUT2D eigenvalue weighted by atomic mass is 16.2. The van der Waals surface area contributed by atoms with Crippen molar-refractivity contribution in [3.05, 3.63) is 30.0 Å². The molecule has 0 aliphatic rings. The molecule has 1 aromatic carbocycles. The molecule has 2 aromatic rings. The van der Waals surface area contributed by atoms with Gasteiger partial charge in [-0.2, -0.15) is 10.4 Å². The molecular formula is C14H16N4O. The minimum Gasteiger partial charge on any atom is -0.333 e. The molecule has 1 amide bonds. The zero-order valence-electron chi connectivity index (χ0n) is 11.3. The topological polar surface area (TPSA) is 70.7 Å². The SMILES string of the molecule is CCC(C)(C#N)NC(=O)c1nn(C)c2ccccc12. The van der Waals surface area contributed by atoms with E-state index in [9.17, 15) is 4.79 Å². The van der Waals surface area contributed by atoms with Crippen LogP contribution in [-0.4, -0.2) is 21.2 Å². The van der Waals surface area contributed by atoms with E-state index in [-0.39, 0.29) is 5.91 Å². The number of carbonyl (C=O) groups is 1. The Morgan fingerprint density at radius 1 is 1.53 bits per heavy atom. The van der Waals surface area contributed by atoms with Gasteiger partial charge in [-0.05, 0) is 19.4 Å². The van der Waals surface area contributed by atoms with Crippen molar-refractivity contribution >= 4 is 16.8 Å². The summed E-state index contributed by atoms with van der Waals surface area (Å²) in [7, 11) is 1.79. The summed E-state index contributed by atoms with van der Waals surface area (Å²) in [5.74, 6) is -0.317. The monoisotopic (exact) mass is 256 g/mol. The third-order valence-corrected chi connectivity index (χ3v) is 3.32. The van der Waals surface area contributed by atoms with E-state index in [0.717, 1.165) is 10.9 Å². The first-order valence-electron chi connectivity index (χ1n) is 6.16. The number of rotatable bonds is 3. The number of para-hydroxylation sites is 1. The second kappa shape index (κ2) is 4.73. The molecule has 0 bridgehead atoms. The van der Waals surface area contributed by atoms with E-state index in [1.165, 1.54) is 0 Å². The summed E-state index contributed by atoms with van der Waals surface area (Å²) in [5, 5.41) is 16.9. The molecule has 0 spiro atoms. The van der Waals surface area contributed by atoms with Crippen LogP contribution in [0.3, 0.4) is 0 Å². The van der Waals surface area contributed by atoms with Gasteiger partial charge in [0, 0.05) is 12.4 Å². The molecule has 98 valence electrons. The van der Waals surface area contributed by atoms with Crippen molar-refractivity contribution in [1.82, 2.24) is 15.1 Å². The number of fused-ring (bicyclic) bond motifs is 1. The molecule has 1 atom stereocenters. The van der Waals surface area contributed by atoms with Gasteiger partial charge in [0.2, 0.25) is 0 Å². The van der Waals surface area contributed by atoms with Gasteiger partial charge in [0.05, 0.1) is 11.6 Å². The Bertz CT molecular complexity index is 668. The van der Waals surface area contributed by atoms with Crippen LogP contribution in [0, 0.1) is 11.3 Å². The molecule has 0 radical (unpaired) electrons. The number of hydrogen-bond acceptors (Lipinski definition) is 3. The van der Waals surface area contributed by atoms with Gasteiger partial charge in [0.25, 0.3) is 5.91 Å². The Hall–Kier alpha value is -2.35. The average molecular weight is 256 g/mol. The van der Waals surface area contributed by atoms with Gasteiger partial charge in [-0.1, -0.05) is 25.1 Å². The molecule has 19 heavy (non-hydrogen) atoms. The van der Waals surface area contributed by atoms with E-state index in [1.54, 1.807) is 18.7 Å². The molecule has 0 aliphatic carbocycles. The Morgan fingerprint density at radius 3 is 2.84 bits per heavy atom. The van der Waals surface area contributed by atoms with Crippen molar-refractivity contribution < 1.29 is 4.79 Å². The van der Waals surface area contributed by atoms with E-state index < -0.39 is 5.54 Å². The maximum Gasteiger partial charge on any atom is 0.273 e. The van der Waals surface area contributed by atoms with Crippen LogP contribution < -0.4 is 5.32 Å². The van der Waals surface area contributed by atoms with Crippen LogP contribution in [0.1, 0.15) is 30.8 Å². The first kappa shape index (κ1) is 13.1. The minimum atomic E-state index is -0.865. The summed E-state index contributed by atoms with van der Waals surface area (Å²) in [6.45, 7) is 3.57. The van der Waals surface area contributed by atoms with E-state index in [4.69, 9.17) is 5.26 Å². The van der Waals surface area contributed by atoms with Crippen molar-refractivity contribution in [2.75, 3.05) is 0 Å². The highest BCUT2D eigenvalue weighted by Crippen LogP contribution is 2.18. The van der Waals surface area contributed by atoms with E-state index >= 15 is 0 Å². The van der Waals surface area contributed by atoms with Crippen molar-refractivity contribution in [2.45, 2.75) is 25.8 Å². The molecule has 5 nitrogen and oxygen atoms in total. The molecule has 1 N–H and O–H groups in total. The molecule has 1 unspecified atom stereocenters. The first-order valence-corrected chi connectivity index (χ1v) is 6.16. The van der Waals surface area contributed by atoms with Crippen molar-refractivity contribution in [3.8, 4) is 6.07 Å². The summed E-state index contributed by atoms with van der Waals surface area (Å²) in [5.41, 5.74) is 0.381. The quantitative estimate of drug-likeness (QED) is 0.913. The third-order valence-electron chi connectivity index (χ3n) is 3.32. The average Bonchev–Trinajstić information content (AvgIpc) is 2.77. The molecule has 1 heterocycles. The fourth-order valence-corrected chi connectivity index (χ4v) is 1.89. The van der Waals surface area contributed by atoms with Crippen LogP contribution in [0.5, 0.6) is 0 Å². The Morgan fingerprint density at radius 2 is 2.21 bits per heavy atom. The van der Waals surface area contributed by atoms with Gasteiger partial charge in [0.1, 0.15) is 5.54 Å². The van der Waals surface area contributed by atoms with E-state index in [0.29, 0.717) is 12.1 Å². The number of amides is 1. The third kappa shape index (κ3) is 2.29. The van der Waals surface area contributed by atoms with Crippen molar-refractivity contribution in [3.63, 3.8) is 0 Å². The maximum atomic E-state index is 12.3. The normalized spacial score (nSPS) is 13.8. The molecule has 0 fully saturated rings. The lowest BCUT2D eigenvalue weighted by atomic mass is 10.0. The number of aryl methyl sites for hydroxylation is 1. The van der Waals surface area contributed by atoms with Crippen LogP contribution in [0.2, 0.25) is 0 Å². The van der Waals surface area contributed by atoms with Gasteiger partial charge in [0.15, 0.2) is 5.69 Å². The Labute approximate surface area is 111 Å². The molecule has 5 heteroatoms. The second-order valence-electron chi connectivity index (χ2n) is 4.74. The Kier molecular flexibility index (Phi) is 3.26. The smallest absolute Gasteiger partial charge is 0.273 e. The summed E-state index contributed by atoms with van der Waals surface area (Å²) in [6, 6.07) is 9.64. The standard InChI is InChI=1S/C14H16N4O/c1-4-14(2,9-15)16-13(19)12-10-7-5-6-8-11(10)18(3)17-12/h5-8H,4H2,1-3H3,(H,16,19). The summed E-state index contributed by atoms with van der Waals surface area (Å²) < 4.78 is 1.67. The second-order valence-corrected chi connectivity index (χ2v) is 4.74.